The fraction of sp³-hybridized carbons (Fsp3) is 0.571. The summed E-state index contributed by atoms with van der Waals surface area (Å²) < 4.78 is 5.51. The minimum Gasteiger partial charge on any atom is -0.496 e. The summed E-state index contributed by atoms with van der Waals surface area (Å²) in [6.45, 7) is 5.12. The zero-order valence-electron chi connectivity index (χ0n) is 10.4. The first-order valence-electron chi connectivity index (χ1n) is 6.01. The topological polar surface area (TPSA) is 35.2 Å². The van der Waals surface area contributed by atoms with Gasteiger partial charge >= 0.3 is 0 Å². The second-order valence-corrected chi connectivity index (χ2v) is 5.10. The molecule has 88 valence electrons. The van der Waals surface area contributed by atoms with E-state index in [1.165, 1.54) is 24.0 Å². The molecule has 1 aromatic carbocycles. The van der Waals surface area contributed by atoms with E-state index >= 15 is 0 Å². The third kappa shape index (κ3) is 1.82. The summed E-state index contributed by atoms with van der Waals surface area (Å²) in [5.41, 5.74) is 8.70. The summed E-state index contributed by atoms with van der Waals surface area (Å²) in [5, 5.41) is 0. The fourth-order valence-electron chi connectivity index (χ4n) is 2.24. The van der Waals surface area contributed by atoms with E-state index in [0.717, 1.165) is 12.3 Å². The number of benzene rings is 1. The van der Waals surface area contributed by atoms with Crippen molar-refractivity contribution in [1.82, 2.24) is 0 Å². The minimum absolute atomic E-state index is 0.209. The Morgan fingerprint density at radius 2 is 2.06 bits per heavy atom. The smallest absolute Gasteiger partial charge is 0.122 e. The van der Waals surface area contributed by atoms with E-state index in [-0.39, 0.29) is 5.41 Å². The van der Waals surface area contributed by atoms with Crippen molar-refractivity contribution in [3.05, 3.63) is 29.3 Å². The molecule has 1 aliphatic rings. The van der Waals surface area contributed by atoms with Crippen molar-refractivity contribution >= 4 is 0 Å². The number of hydrogen-bond donors (Lipinski definition) is 1. The van der Waals surface area contributed by atoms with Gasteiger partial charge in [0.05, 0.1) is 7.11 Å². The van der Waals surface area contributed by atoms with Gasteiger partial charge in [-0.05, 0) is 30.4 Å². The van der Waals surface area contributed by atoms with Crippen LogP contribution in [-0.2, 0) is 5.41 Å². The highest BCUT2D eigenvalue weighted by Gasteiger charge is 2.44. The van der Waals surface area contributed by atoms with Crippen LogP contribution in [0, 0.1) is 0 Å². The first-order chi connectivity index (χ1) is 7.63. The summed E-state index contributed by atoms with van der Waals surface area (Å²) in [6.07, 6.45) is 2.39. The first-order valence-corrected chi connectivity index (χ1v) is 6.01. The van der Waals surface area contributed by atoms with Crippen LogP contribution in [-0.4, -0.2) is 13.7 Å². The molecule has 1 aromatic rings. The van der Waals surface area contributed by atoms with Crippen LogP contribution in [0.2, 0.25) is 0 Å². The van der Waals surface area contributed by atoms with Gasteiger partial charge in [-0.3, -0.25) is 0 Å². The van der Waals surface area contributed by atoms with E-state index in [0.29, 0.717) is 5.92 Å². The van der Waals surface area contributed by atoms with Gasteiger partial charge in [0.25, 0.3) is 0 Å². The van der Waals surface area contributed by atoms with Gasteiger partial charge in [0, 0.05) is 17.5 Å². The quantitative estimate of drug-likeness (QED) is 0.845. The van der Waals surface area contributed by atoms with Crippen molar-refractivity contribution in [1.29, 1.82) is 0 Å². The molecule has 2 heteroatoms. The summed E-state index contributed by atoms with van der Waals surface area (Å²) in [7, 11) is 1.75. The van der Waals surface area contributed by atoms with Crippen LogP contribution in [0.15, 0.2) is 18.2 Å². The number of rotatable bonds is 4. The number of ether oxygens (including phenoxy) is 1. The Balaban J connectivity index is 2.39. The standard InChI is InChI=1S/C14H21NO/c1-10(2)11-4-5-12(13(8-11)16-3)14(9-15)6-7-14/h4-5,8,10H,6-7,9,15H2,1-3H3. The van der Waals surface area contributed by atoms with E-state index in [4.69, 9.17) is 10.5 Å². The normalized spacial score (nSPS) is 17.6. The van der Waals surface area contributed by atoms with Crippen LogP contribution in [0.25, 0.3) is 0 Å². The summed E-state index contributed by atoms with van der Waals surface area (Å²) >= 11 is 0. The minimum atomic E-state index is 0.209. The molecule has 0 spiro atoms. The zero-order chi connectivity index (χ0) is 11.8. The predicted molar refractivity (Wildman–Crippen MR) is 67.0 cm³/mol. The molecular formula is C14H21NO. The maximum Gasteiger partial charge on any atom is 0.122 e. The van der Waals surface area contributed by atoms with E-state index in [2.05, 4.69) is 32.0 Å². The molecule has 0 saturated heterocycles. The van der Waals surface area contributed by atoms with E-state index in [1.807, 2.05) is 0 Å². The maximum absolute atomic E-state index is 5.87. The van der Waals surface area contributed by atoms with E-state index in [9.17, 15) is 0 Å². The average molecular weight is 219 g/mol. The largest absolute Gasteiger partial charge is 0.496 e. The Labute approximate surface area is 97.8 Å². The lowest BCUT2D eigenvalue weighted by molar-refractivity contribution is 0.403. The Morgan fingerprint density at radius 1 is 1.38 bits per heavy atom. The van der Waals surface area contributed by atoms with Crippen molar-refractivity contribution in [2.75, 3.05) is 13.7 Å². The molecule has 2 nitrogen and oxygen atoms in total. The highest BCUT2D eigenvalue weighted by atomic mass is 16.5. The number of methoxy groups -OCH3 is 1. The highest BCUT2D eigenvalue weighted by molar-refractivity contribution is 5.46. The van der Waals surface area contributed by atoms with Gasteiger partial charge in [-0.2, -0.15) is 0 Å². The molecule has 16 heavy (non-hydrogen) atoms. The molecular weight excluding hydrogens is 198 g/mol. The molecule has 0 heterocycles. The molecule has 0 unspecified atom stereocenters. The molecule has 1 fully saturated rings. The molecule has 2 rings (SSSR count). The Kier molecular flexibility index (Phi) is 2.94. The lowest BCUT2D eigenvalue weighted by Crippen LogP contribution is -2.20. The molecule has 0 radical (unpaired) electrons. The third-order valence-electron chi connectivity index (χ3n) is 3.71. The van der Waals surface area contributed by atoms with Crippen LogP contribution in [0.4, 0.5) is 0 Å². The molecule has 2 N–H and O–H groups in total. The van der Waals surface area contributed by atoms with Gasteiger partial charge in [-0.1, -0.05) is 26.0 Å². The van der Waals surface area contributed by atoms with Gasteiger partial charge in [0.1, 0.15) is 5.75 Å². The maximum atomic E-state index is 5.87. The van der Waals surface area contributed by atoms with Crippen molar-refractivity contribution < 1.29 is 4.74 Å². The van der Waals surface area contributed by atoms with Crippen LogP contribution >= 0.6 is 0 Å². The summed E-state index contributed by atoms with van der Waals surface area (Å²) in [4.78, 5) is 0. The lowest BCUT2D eigenvalue weighted by atomic mass is 9.92. The first kappa shape index (κ1) is 11.5. The fourth-order valence-corrected chi connectivity index (χ4v) is 2.24. The number of nitrogens with two attached hydrogens (primary N) is 1. The van der Waals surface area contributed by atoms with Crippen LogP contribution < -0.4 is 10.5 Å². The molecule has 0 aromatic heterocycles. The zero-order valence-corrected chi connectivity index (χ0v) is 10.4. The van der Waals surface area contributed by atoms with Crippen molar-refractivity contribution in [2.24, 2.45) is 5.73 Å². The molecule has 0 aliphatic heterocycles. The van der Waals surface area contributed by atoms with E-state index in [1.54, 1.807) is 7.11 Å². The SMILES string of the molecule is COc1cc(C(C)C)ccc1C1(CN)CC1. The Morgan fingerprint density at radius 3 is 2.50 bits per heavy atom. The monoisotopic (exact) mass is 219 g/mol. The van der Waals surface area contributed by atoms with Crippen LogP contribution in [0.3, 0.4) is 0 Å². The van der Waals surface area contributed by atoms with Crippen molar-refractivity contribution in [3.8, 4) is 5.75 Å². The summed E-state index contributed by atoms with van der Waals surface area (Å²) in [5.74, 6) is 1.55. The van der Waals surface area contributed by atoms with Gasteiger partial charge in [-0.15, -0.1) is 0 Å². The van der Waals surface area contributed by atoms with Crippen LogP contribution in [0.1, 0.15) is 43.7 Å². The van der Waals surface area contributed by atoms with Gasteiger partial charge in [0.15, 0.2) is 0 Å². The Bertz CT molecular complexity index is 380. The van der Waals surface area contributed by atoms with Gasteiger partial charge in [-0.25, -0.2) is 0 Å². The second kappa shape index (κ2) is 4.10. The van der Waals surface area contributed by atoms with Crippen molar-refractivity contribution in [2.45, 2.75) is 38.0 Å². The van der Waals surface area contributed by atoms with Gasteiger partial charge in [0.2, 0.25) is 0 Å². The predicted octanol–water partition coefficient (Wildman–Crippen LogP) is 2.81. The summed E-state index contributed by atoms with van der Waals surface area (Å²) in [6, 6.07) is 6.57. The van der Waals surface area contributed by atoms with E-state index < -0.39 is 0 Å². The average Bonchev–Trinajstić information content (AvgIpc) is 3.09. The van der Waals surface area contributed by atoms with Crippen molar-refractivity contribution in [3.63, 3.8) is 0 Å². The molecule has 0 bridgehead atoms. The van der Waals surface area contributed by atoms with Gasteiger partial charge < -0.3 is 10.5 Å². The second-order valence-electron chi connectivity index (χ2n) is 5.10. The van der Waals surface area contributed by atoms with Crippen LogP contribution in [0.5, 0.6) is 5.75 Å². The molecule has 1 aliphatic carbocycles. The Hall–Kier alpha value is -1.02. The third-order valence-corrected chi connectivity index (χ3v) is 3.71. The molecule has 1 saturated carbocycles. The number of hydrogen-bond acceptors (Lipinski definition) is 2. The lowest BCUT2D eigenvalue weighted by Gasteiger charge is -2.18. The molecule has 0 atom stereocenters. The highest BCUT2D eigenvalue weighted by Crippen LogP contribution is 2.50. The molecule has 0 amide bonds.